The van der Waals surface area contributed by atoms with Gasteiger partial charge in [0, 0.05) is 30.7 Å². The molecule has 7 nitrogen and oxygen atoms in total. The average Bonchev–Trinajstić information content (AvgIpc) is 3.05. The minimum atomic E-state index is -3.83. The van der Waals surface area contributed by atoms with Crippen molar-refractivity contribution in [2.75, 3.05) is 7.05 Å². The Balaban J connectivity index is 1.75. The predicted molar refractivity (Wildman–Crippen MR) is 116 cm³/mol. The summed E-state index contributed by atoms with van der Waals surface area (Å²) in [6, 6.07) is 7.85. The summed E-state index contributed by atoms with van der Waals surface area (Å²) in [6.45, 7) is 0.294. The highest BCUT2D eigenvalue weighted by molar-refractivity contribution is 14.1. The van der Waals surface area contributed by atoms with Crippen LogP contribution in [0.5, 0.6) is 0 Å². The fourth-order valence-corrected chi connectivity index (χ4v) is 5.69. The molecule has 156 valence electrons. The van der Waals surface area contributed by atoms with Crippen LogP contribution in [0.3, 0.4) is 0 Å². The number of carbonyl (C=O) groups excluding carboxylic acids is 2. The Hall–Kier alpha value is -2.18. The van der Waals surface area contributed by atoms with E-state index in [9.17, 15) is 22.4 Å². The van der Waals surface area contributed by atoms with Crippen molar-refractivity contribution in [3.8, 4) is 0 Å². The van der Waals surface area contributed by atoms with E-state index in [4.69, 9.17) is 0 Å². The Bertz CT molecular complexity index is 1270. The third-order valence-electron chi connectivity index (χ3n) is 5.45. The van der Waals surface area contributed by atoms with E-state index in [0.717, 1.165) is 15.8 Å². The largest absolute Gasteiger partial charge is 0.327 e. The summed E-state index contributed by atoms with van der Waals surface area (Å²) in [6.07, 6.45) is 1.20. The van der Waals surface area contributed by atoms with Crippen LogP contribution < -0.4 is 0 Å². The first-order valence-electron chi connectivity index (χ1n) is 9.14. The zero-order valence-corrected chi connectivity index (χ0v) is 18.9. The van der Waals surface area contributed by atoms with Gasteiger partial charge in [-0.15, -0.1) is 0 Å². The lowest BCUT2D eigenvalue weighted by Gasteiger charge is -2.32. The van der Waals surface area contributed by atoms with Gasteiger partial charge in [0.2, 0.25) is 15.8 Å². The van der Waals surface area contributed by atoms with E-state index in [1.165, 1.54) is 23.5 Å². The lowest BCUT2D eigenvalue weighted by atomic mass is 10.0. The van der Waals surface area contributed by atoms with Crippen molar-refractivity contribution in [2.45, 2.75) is 30.3 Å². The van der Waals surface area contributed by atoms with Gasteiger partial charge in [-0.25, -0.2) is 17.8 Å². The number of likely N-dealkylation sites (N-methyl/N-ethyl adjacent to an activating group) is 1. The van der Waals surface area contributed by atoms with Crippen LogP contribution in [0.25, 0.3) is 11.0 Å². The molecule has 3 aromatic rings. The van der Waals surface area contributed by atoms with Gasteiger partial charge >= 0.3 is 0 Å². The Morgan fingerprint density at radius 3 is 2.63 bits per heavy atom. The molecule has 0 saturated carbocycles. The fourth-order valence-electron chi connectivity index (χ4n) is 3.91. The second-order valence-electron chi connectivity index (χ2n) is 7.09. The summed E-state index contributed by atoms with van der Waals surface area (Å²) in [7, 11) is -2.33. The molecule has 0 saturated heterocycles. The second kappa shape index (κ2) is 7.82. The topological polar surface area (TPSA) is 89.3 Å². The van der Waals surface area contributed by atoms with E-state index in [2.05, 4.69) is 27.6 Å². The number of aldehydes is 1. The average molecular weight is 541 g/mol. The van der Waals surface area contributed by atoms with E-state index >= 15 is 0 Å². The molecule has 30 heavy (non-hydrogen) atoms. The van der Waals surface area contributed by atoms with Crippen LogP contribution >= 0.6 is 22.6 Å². The number of halogens is 2. The number of rotatable bonds is 5. The smallest absolute Gasteiger partial charge is 0.243 e. The van der Waals surface area contributed by atoms with Gasteiger partial charge in [-0.3, -0.25) is 9.59 Å². The third kappa shape index (κ3) is 3.46. The van der Waals surface area contributed by atoms with Crippen LogP contribution in [0.15, 0.2) is 41.3 Å². The van der Waals surface area contributed by atoms with Gasteiger partial charge in [0.1, 0.15) is 15.2 Å². The Labute approximate surface area is 186 Å². The summed E-state index contributed by atoms with van der Waals surface area (Å²) in [4.78, 5) is 28.0. The molecule has 0 N–H and O–H groups in total. The predicted octanol–water partition coefficient (Wildman–Crippen LogP) is 2.80. The molecule has 0 amide bonds. The first-order chi connectivity index (χ1) is 14.2. The van der Waals surface area contributed by atoms with E-state index in [1.807, 2.05) is 4.57 Å². The zero-order chi connectivity index (χ0) is 21.6. The van der Waals surface area contributed by atoms with Crippen LogP contribution in [0.4, 0.5) is 4.39 Å². The van der Waals surface area contributed by atoms with Crippen molar-refractivity contribution in [1.29, 1.82) is 0 Å². The SMILES string of the molecule is CN(C1CCc2c(C(=O)C=O)c3ccc(I)nc3n2C1)S(=O)(=O)c1ccc(F)cc1. The number of benzene rings is 1. The second-order valence-corrected chi connectivity index (χ2v) is 10.2. The number of Topliss-reactive ketones (excluding diaryl/α,β-unsaturated/α-hetero) is 1. The molecule has 4 rings (SSSR count). The molecule has 0 fully saturated rings. The molecule has 3 heterocycles. The lowest BCUT2D eigenvalue weighted by Crippen LogP contribution is -2.42. The number of ketones is 1. The first kappa shape index (κ1) is 21.1. The number of hydrogen-bond donors (Lipinski definition) is 0. The van der Waals surface area contributed by atoms with E-state index in [-0.39, 0.29) is 10.9 Å². The lowest BCUT2D eigenvalue weighted by molar-refractivity contribution is -0.104. The minimum Gasteiger partial charge on any atom is -0.327 e. The molecular formula is C20H17FIN3O4S. The van der Waals surface area contributed by atoms with Crippen molar-refractivity contribution >= 4 is 55.7 Å². The van der Waals surface area contributed by atoms with Crippen molar-refractivity contribution in [3.05, 3.63) is 57.2 Å². The molecule has 1 aliphatic rings. The molecule has 1 unspecified atom stereocenters. The van der Waals surface area contributed by atoms with Crippen LogP contribution in [0.2, 0.25) is 0 Å². The summed E-state index contributed by atoms with van der Waals surface area (Å²) in [5, 5.41) is 0.590. The van der Waals surface area contributed by atoms with Crippen LogP contribution in [-0.4, -0.2) is 47.4 Å². The van der Waals surface area contributed by atoms with Gasteiger partial charge in [0.25, 0.3) is 0 Å². The van der Waals surface area contributed by atoms with Crippen LogP contribution in [0.1, 0.15) is 22.5 Å². The maximum atomic E-state index is 13.2. The molecule has 2 aromatic heterocycles. The van der Waals surface area contributed by atoms with Crippen molar-refractivity contribution in [3.63, 3.8) is 0 Å². The van der Waals surface area contributed by atoms with Gasteiger partial charge in [0.05, 0.1) is 10.5 Å². The normalized spacial score (nSPS) is 16.6. The number of fused-ring (bicyclic) bond motifs is 3. The van der Waals surface area contributed by atoms with Gasteiger partial charge < -0.3 is 4.57 Å². The van der Waals surface area contributed by atoms with Crippen LogP contribution in [-0.2, 0) is 27.8 Å². The van der Waals surface area contributed by atoms with Crippen LogP contribution in [0, 0.1) is 9.52 Å². The van der Waals surface area contributed by atoms with Crippen molar-refractivity contribution in [1.82, 2.24) is 13.9 Å². The summed E-state index contributed by atoms with van der Waals surface area (Å²) in [5.41, 5.74) is 1.59. The number of aromatic nitrogens is 2. The zero-order valence-electron chi connectivity index (χ0n) is 15.9. The number of pyridine rings is 1. The van der Waals surface area contributed by atoms with E-state index in [1.54, 1.807) is 12.1 Å². The molecule has 0 aliphatic carbocycles. The van der Waals surface area contributed by atoms with Crippen molar-refractivity contribution < 1.29 is 22.4 Å². The molecule has 0 bridgehead atoms. The maximum Gasteiger partial charge on any atom is 0.243 e. The quantitative estimate of drug-likeness (QED) is 0.163. The third-order valence-corrected chi connectivity index (χ3v) is 7.97. The monoisotopic (exact) mass is 541 g/mol. The van der Waals surface area contributed by atoms with Gasteiger partial charge in [-0.1, -0.05) is 0 Å². The number of nitrogens with zero attached hydrogens (tertiary/aromatic N) is 3. The number of hydrogen-bond acceptors (Lipinski definition) is 5. The van der Waals surface area contributed by atoms with Crippen molar-refractivity contribution in [2.24, 2.45) is 0 Å². The summed E-state index contributed by atoms with van der Waals surface area (Å²) < 4.78 is 43.1. The first-order valence-corrected chi connectivity index (χ1v) is 11.7. The van der Waals surface area contributed by atoms with E-state index < -0.39 is 21.6 Å². The Morgan fingerprint density at radius 2 is 1.97 bits per heavy atom. The Kier molecular flexibility index (Phi) is 5.49. The highest BCUT2D eigenvalue weighted by Gasteiger charge is 2.34. The molecule has 1 aliphatic heterocycles. The van der Waals surface area contributed by atoms with Gasteiger partial charge in [-0.2, -0.15) is 4.31 Å². The van der Waals surface area contributed by atoms with Gasteiger partial charge in [-0.05, 0) is 71.8 Å². The Morgan fingerprint density at radius 1 is 1.27 bits per heavy atom. The molecule has 10 heteroatoms. The number of carbonyl (C=O) groups is 2. The van der Waals surface area contributed by atoms with Gasteiger partial charge in [0.15, 0.2) is 6.29 Å². The number of sulfonamides is 1. The molecule has 1 atom stereocenters. The fraction of sp³-hybridized carbons (Fsp3) is 0.250. The molecule has 0 spiro atoms. The highest BCUT2D eigenvalue weighted by atomic mass is 127. The maximum absolute atomic E-state index is 13.2. The molecule has 0 radical (unpaired) electrons. The summed E-state index contributed by atoms with van der Waals surface area (Å²) >= 11 is 2.06. The minimum absolute atomic E-state index is 0.0130. The summed E-state index contributed by atoms with van der Waals surface area (Å²) in [5.74, 6) is -1.12. The molecule has 1 aromatic carbocycles. The van der Waals surface area contributed by atoms with E-state index in [0.29, 0.717) is 48.0 Å². The standard InChI is InChI=1S/C20H17FIN3O4S/c1-24(30(28,29)14-5-2-12(21)3-6-14)13-4-8-16-19(17(27)11-26)15-7-9-18(22)23-20(15)25(16)10-13/h2-3,5-7,9,11,13H,4,8,10H2,1H3. The molecular weight excluding hydrogens is 524 g/mol. The highest BCUT2D eigenvalue weighted by Crippen LogP contribution is 2.33.